The van der Waals surface area contributed by atoms with E-state index in [0.29, 0.717) is 0 Å². The minimum absolute atomic E-state index is 0. The van der Waals surface area contributed by atoms with Crippen LogP contribution in [0.4, 0.5) is 0 Å². The first-order chi connectivity index (χ1) is 9.33. The number of quaternary nitrogens is 1. The Bertz CT molecular complexity index is 200. The molecule has 122 valence electrons. The molecule has 0 aliphatic carbocycles. The highest BCUT2D eigenvalue weighted by atomic mass is 19.0. The van der Waals surface area contributed by atoms with Gasteiger partial charge in [-0.15, -0.1) is 0 Å². The maximum atomic E-state index is 2.40. The molecule has 1 saturated heterocycles. The molecule has 1 fully saturated rings. The van der Waals surface area contributed by atoms with E-state index in [4.69, 9.17) is 0 Å². The predicted octanol–water partition coefficient (Wildman–Crippen LogP) is 2.54. The molecule has 0 saturated carbocycles. The van der Waals surface area contributed by atoms with Gasteiger partial charge in [-0.1, -0.05) is 51.9 Å². The van der Waals surface area contributed by atoms with Gasteiger partial charge in [0.15, 0.2) is 0 Å². The topological polar surface area (TPSA) is 0 Å². The fourth-order valence-corrected chi connectivity index (χ4v) is 3.64. The van der Waals surface area contributed by atoms with E-state index in [0.717, 1.165) is 0 Å². The molecule has 0 amide bonds. The van der Waals surface area contributed by atoms with Gasteiger partial charge in [0.05, 0.1) is 26.2 Å². The first kappa shape index (κ1) is 19.9. The molecule has 1 nitrogen and oxygen atoms in total. The zero-order valence-corrected chi connectivity index (χ0v) is 14.1. The highest BCUT2D eigenvalue weighted by Gasteiger charge is 2.26. The van der Waals surface area contributed by atoms with Crippen LogP contribution in [0.1, 0.15) is 90.9 Å². The highest BCUT2D eigenvalue weighted by molar-refractivity contribution is 4.54. The average Bonchev–Trinajstić information content (AvgIpc) is 2.46. The Labute approximate surface area is 127 Å². The van der Waals surface area contributed by atoms with Crippen LogP contribution in [0.15, 0.2) is 0 Å². The van der Waals surface area contributed by atoms with Gasteiger partial charge < -0.3 is 9.19 Å². The zero-order chi connectivity index (χ0) is 13.8. The Balaban J connectivity index is 0.00000361. The standard InChI is InChI=1S/C18H38N.FH/c1-3-5-6-7-8-9-10-11-13-16-19(4-2)17-14-12-15-18-19;/h3-18H2,1-2H3;1H/q+1;/p-1. The fraction of sp³-hybridized carbons (Fsp3) is 1.00. The first-order valence-electron chi connectivity index (χ1n) is 9.18. The SMILES string of the molecule is CCCCCCCCCCC[N+]1(CC)CCCCC1.[F-]. The molecule has 0 atom stereocenters. The molecule has 0 N–H and O–H groups in total. The summed E-state index contributed by atoms with van der Waals surface area (Å²) in [5.74, 6) is 0. The second-order valence-electron chi connectivity index (χ2n) is 6.72. The third-order valence-electron chi connectivity index (χ3n) is 5.17. The zero-order valence-electron chi connectivity index (χ0n) is 14.1. The van der Waals surface area contributed by atoms with Gasteiger partial charge >= 0.3 is 0 Å². The Morgan fingerprint density at radius 1 is 0.650 bits per heavy atom. The lowest BCUT2D eigenvalue weighted by atomic mass is 10.0. The summed E-state index contributed by atoms with van der Waals surface area (Å²) in [6.07, 6.45) is 17.6. The van der Waals surface area contributed by atoms with E-state index in [1.165, 1.54) is 108 Å². The molecule has 1 heterocycles. The summed E-state index contributed by atoms with van der Waals surface area (Å²) < 4.78 is 1.44. The summed E-state index contributed by atoms with van der Waals surface area (Å²) in [4.78, 5) is 0. The predicted molar refractivity (Wildman–Crippen MR) is 86.5 cm³/mol. The van der Waals surface area contributed by atoms with Gasteiger partial charge in [0.2, 0.25) is 0 Å². The van der Waals surface area contributed by atoms with E-state index in [1.807, 2.05) is 0 Å². The Morgan fingerprint density at radius 2 is 1.15 bits per heavy atom. The molecule has 0 spiro atoms. The van der Waals surface area contributed by atoms with Crippen molar-refractivity contribution >= 4 is 0 Å². The lowest BCUT2D eigenvalue weighted by Crippen LogP contribution is -3.00. The van der Waals surface area contributed by atoms with Crippen LogP contribution in [0.5, 0.6) is 0 Å². The molecule has 0 aromatic carbocycles. The minimum Gasteiger partial charge on any atom is -1.00 e. The maximum absolute atomic E-state index is 2.40. The van der Waals surface area contributed by atoms with E-state index in [2.05, 4.69) is 13.8 Å². The van der Waals surface area contributed by atoms with E-state index in [-0.39, 0.29) is 4.70 Å². The normalized spacial score (nSPS) is 17.7. The molecule has 1 aliphatic heterocycles. The molecule has 1 aliphatic rings. The third-order valence-corrected chi connectivity index (χ3v) is 5.17. The molecule has 1 rings (SSSR count). The lowest BCUT2D eigenvalue weighted by Gasteiger charge is -2.41. The Morgan fingerprint density at radius 3 is 1.65 bits per heavy atom. The van der Waals surface area contributed by atoms with E-state index >= 15 is 0 Å². The first-order valence-corrected chi connectivity index (χ1v) is 9.18. The van der Waals surface area contributed by atoms with Crippen molar-refractivity contribution in [3.05, 3.63) is 0 Å². The van der Waals surface area contributed by atoms with E-state index in [1.54, 1.807) is 0 Å². The van der Waals surface area contributed by atoms with Crippen LogP contribution >= 0.6 is 0 Å². The number of rotatable bonds is 11. The number of halogens is 1. The van der Waals surface area contributed by atoms with Crippen LogP contribution in [0.3, 0.4) is 0 Å². The highest BCUT2D eigenvalue weighted by Crippen LogP contribution is 2.20. The number of hydrogen-bond donors (Lipinski definition) is 0. The number of piperidine rings is 1. The second-order valence-corrected chi connectivity index (χ2v) is 6.72. The van der Waals surface area contributed by atoms with Crippen molar-refractivity contribution in [2.24, 2.45) is 0 Å². The van der Waals surface area contributed by atoms with E-state index < -0.39 is 0 Å². The molecule has 20 heavy (non-hydrogen) atoms. The number of unbranched alkanes of at least 4 members (excludes halogenated alkanes) is 8. The van der Waals surface area contributed by atoms with Gasteiger partial charge in [-0.25, -0.2) is 0 Å². The van der Waals surface area contributed by atoms with Crippen molar-refractivity contribution in [3.8, 4) is 0 Å². The molecule has 0 unspecified atom stereocenters. The van der Waals surface area contributed by atoms with Gasteiger partial charge in [0, 0.05) is 0 Å². The fourth-order valence-electron chi connectivity index (χ4n) is 3.64. The molecule has 0 aromatic heterocycles. The molecule has 0 bridgehead atoms. The van der Waals surface area contributed by atoms with Crippen LogP contribution in [0, 0.1) is 0 Å². The van der Waals surface area contributed by atoms with Crippen molar-refractivity contribution in [2.45, 2.75) is 90.9 Å². The van der Waals surface area contributed by atoms with Gasteiger partial charge in [-0.3, -0.25) is 0 Å². The van der Waals surface area contributed by atoms with Crippen molar-refractivity contribution in [1.29, 1.82) is 0 Å². The Kier molecular flexibility index (Phi) is 12.5. The summed E-state index contributed by atoms with van der Waals surface area (Å²) in [6.45, 7) is 10.5. The van der Waals surface area contributed by atoms with Crippen molar-refractivity contribution in [1.82, 2.24) is 0 Å². The smallest absolute Gasteiger partial charge is 0.0786 e. The second kappa shape index (κ2) is 12.6. The van der Waals surface area contributed by atoms with Gasteiger partial charge in [-0.2, -0.15) is 0 Å². The van der Waals surface area contributed by atoms with Crippen LogP contribution < -0.4 is 4.70 Å². The third kappa shape index (κ3) is 8.24. The number of likely N-dealkylation sites (tertiary alicyclic amines) is 1. The molecule has 2 heteroatoms. The van der Waals surface area contributed by atoms with Gasteiger partial charge in [0.1, 0.15) is 0 Å². The van der Waals surface area contributed by atoms with Crippen LogP contribution in [-0.4, -0.2) is 30.7 Å². The van der Waals surface area contributed by atoms with Crippen molar-refractivity contribution in [3.63, 3.8) is 0 Å². The number of hydrogen-bond acceptors (Lipinski definition) is 0. The average molecular weight is 288 g/mol. The lowest BCUT2D eigenvalue weighted by molar-refractivity contribution is -0.931. The van der Waals surface area contributed by atoms with Crippen LogP contribution in [-0.2, 0) is 0 Å². The molecular weight excluding hydrogens is 249 g/mol. The molecule has 0 aromatic rings. The summed E-state index contributed by atoms with van der Waals surface area (Å²) in [5.41, 5.74) is 0. The summed E-state index contributed by atoms with van der Waals surface area (Å²) in [5, 5.41) is 0. The summed E-state index contributed by atoms with van der Waals surface area (Å²) >= 11 is 0. The summed E-state index contributed by atoms with van der Waals surface area (Å²) in [7, 11) is 0. The molecule has 0 radical (unpaired) electrons. The Hall–Kier alpha value is -0.110. The van der Waals surface area contributed by atoms with Crippen molar-refractivity contribution < 1.29 is 9.19 Å². The van der Waals surface area contributed by atoms with Gasteiger partial charge in [0.25, 0.3) is 0 Å². The van der Waals surface area contributed by atoms with E-state index in [9.17, 15) is 0 Å². The van der Waals surface area contributed by atoms with Crippen LogP contribution in [0.2, 0.25) is 0 Å². The van der Waals surface area contributed by atoms with Crippen LogP contribution in [0.25, 0.3) is 0 Å². The largest absolute Gasteiger partial charge is 1.00 e. The summed E-state index contributed by atoms with van der Waals surface area (Å²) in [6, 6.07) is 0. The monoisotopic (exact) mass is 287 g/mol. The quantitative estimate of drug-likeness (QED) is 0.405. The maximum Gasteiger partial charge on any atom is 0.0786 e. The van der Waals surface area contributed by atoms with Crippen molar-refractivity contribution in [2.75, 3.05) is 26.2 Å². The number of nitrogens with zero attached hydrogens (tertiary/aromatic N) is 1. The minimum atomic E-state index is 0. The molecular formula is C18H38FN. The van der Waals surface area contributed by atoms with Gasteiger partial charge in [-0.05, 0) is 39.0 Å².